The van der Waals surface area contributed by atoms with Gasteiger partial charge in [0.1, 0.15) is 10.6 Å². The lowest BCUT2D eigenvalue weighted by Gasteiger charge is -2.26. The second-order valence-corrected chi connectivity index (χ2v) is 8.73. The predicted molar refractivity (Wildman–Crippen MR) is 99.7 cm³/mol. The Hall–Kier alpha value is -2.67. The number of aryl methyl sites for hydroxylation is 2. The maximum absolute atomic E-state index is 13.5. The summed E-state index contributed by atoms with van der Waals surface area (Å²) in [4.78, 5) is 11.4. The number of nitro groups is 1. The fraction of sp³-hybridized carbons (Fsp3) is 0.471. The minimum absolute atomic E-state index is 0.0104. The molecule has 0 unspecified atom stereocenters. The zero-order chi connectivity index (χ0) is 22.3. The smallest absolute Gasteiger partial charge is 0.370 e. The molecule has 1 saturated heterocycles. The fourth-order valence-corrected chi connectivity index (χ4v) is 5.25. The summed E-state index contributed by atoms with van der Waals surface area (Å²) in [5.41, 5.74) is -1.80. The van der Waals surface area contributed by atoms with Crippen molar-refractivity contribution in [3.63, 3.8) is 0 Å². The lowest BCUT2D eigenvalue weighted by Crippen LogP contribution is -2.36. The Morgan fingerprint density at radius 1 is 1.17 bits per heavy atom. The van der Waals surface area contributed by atoms with Gasteiger partial charge in [-0.05, 0) is 26.3 Å². The van der Waals surface area contributed by atoms with Crippen molar-refractivity contribution >= 4 is 21.4 Å². The first-order valence-electron chi connectivity index (χ1n) is 8.96. The molecular weight excluding hydrogens is 429 g/mol. The van der Waals surface area contributed by atoms with Crippen molar-refractivity contribution < 1.29 is 31.0 Å². The Morgan fingerprint density at radius 3 is 2.43 bits per heavy atom. The number of halogens is 3. The van der Waals surface area contributed by atoms with Gasteiger partial charge >= 0.3 is 6.18 Å². The summed E-state index contributed by atoms with van der Waals surface area (Å²) < 4.78 is 72.6. The van der Waals surface area contributed by atoms with Crippen molar-refractivity contribution in [1.82, 2.24) is 9.46 Å². The molecule has 1 aliphatic heterocycles. The third-order valence-corrected chi connectivity index (χ3v) is 7.00. The van der Waals surface area contributed by atoms with E-state index in [2.05, 4.69) is 5.16 Å². The molecule has 0 spiro atoms. The molecule has 0 atom stereocenters. The first kappa shape index (κ1) is 22.0. The van der Waals surface area contributed by atoms with E-state index in [0.717, 1.165) is 12.1 Å². The number of hydrogen-bond acceptors (Lipinski definition) is 7. The van der Waals surface area contributed by atoms with Gasteiger partial charge in [0.15, 0.2) is 5.76 Å². The minimum Gasteiger partial charge on any atom is -0.370 e. The van der Waals surface area contributed by atoms with Crippen LogP contribution in [0.25, 0.3) is 0 Å². The van der Waals surface area contributed by atoms with Gasteiger partial charge in [0.25, 0.3) is 5.69 Å². The summed E-state index contributed by atoms with van der Waals surface area (Å²) in [5, 5.41) is 14.5. The molecule has 1 aliphatic rings. The molecule has 3 rings (SSSR count). The van der Waals surface area contributed by atoms with Crippen LogP contribution in [0.1, 0.15) is 23.4 Å². The Balaban J connectivity index is 1.90. The highest BCUT2D eigenvalue weighted by molar-refractivity contribution is 7.89. The van der Waals surface area contributed by atoms with Crippen LogP contribution >= 0.6 is 0 Å². The molecule has 164 valence electrons. The quantitative estimate of drug-likeness (QED) is 0.522. The standard InChI is InChI=1S/C17H19F3N4O5S/c1-11-16(12(2)29-21-11)30(27,28)23-7-3-6-22(8-9-23)15-5-4-13(24(25)26)10-14(15)17(18,19)20/h4-5,10H,3,6-9H2,1-2H3. The fourth-order valence-electron chi connectivity index (χ4n) is 3.49. The average molecular weight is 448 g/mol. The van der Waals surface area contributed by atoms with Gasteiger partial charge < -0.3 is 9.42 Å². The Labute approximate surface area is 170 Å². The number of anilines is 1. The van der Waals surface area contributed by atoms with Crippen LogP contribution in [-0.4, -0.2) is 49.0 Å². The number of sulfonamides is 1. The van der Waals surface area contributed by atoms with Crippen LogP contribution in [0, 0.1) is 24.0 Å². The van der Waals surface area contributed by atoms with E-state index in [1.54, 1.807) is 0 Å². The maximum Gasteiger partial charge on any atom is 0.418 e. The highest BCUT2D eigenvalue weighted by Gasteiger charge is 2.38. The first-order valence-corrected chi connectivity index (χ1v) is 10.4. The van der Waals surface area contributed by atoms with E-state index in [1.807, 2.05) is 0 Å². The van der Waals surface area contributed by atoms with E-state index in [9.17, 15) is 31.7 Å². The van der Waals surface area contributed by atoms with Gasteiger partial charge in [-0.15, -0.1) is 0 Å². The van der Waals surface area contributed by atoms with Gasteiger partial charge in [0, 0.05) is 44.0 Å². The van der Waals surface area contributed by atoms with Crippen LogP contribution in [0.5, 0.6) is 0 Å². The summed E-state index contributed by atoms with van der Waals surface area (Å²) in [5.74, 6) is 0.142. The van der Waals surface area contributed by atoms with E-state index in [0.29, 0.717) is 6.07 Å². The van der Waals surface area contributed by atoms with Crippen LogP contribution in [-0.2, 0) is 16.2 Å². The Kier molecular flexibility index (Phi) is 5.78. The molecule has 9 nitrogen and oxygen atoms in total. The topological polar surface area (TPSA) is 110 Å². The molecule has 0 saturated carbocycles. The zero-order valence-electron chi connectivity index (χ0n) is 16.1. The molecule has 0 radical (unpaired) electrons. The molecule has 2 heterocycles. The van der Waals surface area contributed by atoms with E-state index in [1.165, 1.54) is 23.1 Å². The largest absolute Gasteiger partial charge is 0.418 e. The predicted octanol–water partition coefficient (Wildman–Crippen LogP) is 3.12. The molecule has 0 N–H and O–H groups in total. The summed E-state index contributed by atoms with van der Waals surface area (Å²) in [6, 6.07) is 2.56. The molecule has 30 heavy (non-hydrogen) atoms. The van der Waals surface area contributed by atoms with Crippen LogP contribution in [0.4, 0.5) is 24.5 Å². The molecule has 0 bridgehead atoms. The number of nitro benzene ring substituents is 1. The number of benzene rings is 1. The summed E-state index contributed by atoms with van der Waals surface area (Å²) >= 11 is 0. The number of nitrogens with zero attached hydrogens (tertiary/aromatic N) is 4. The van der Waals surface area contributed by atoms with Gasteiger partial charge in [0.05, 0.1) is 10.5 Å². The Bertz CT molecular complexity index is 1050. The van der Waals surface area contributed by atoms with E-state index >= 15 is 0 Å². The molecule has 1 fully saturated rings. The van der Waals surface area contributed by atoms with Crippen LogP contribution in [0.15, 0.2) is 27.6 Å². The van der Waals surface area contributed by atoms with Crippen molar-refractivity contribution in [1.29, 1.82) is 0 Å². The van der Waals surface area contributed by atoms with Gasteiger partial charge in [-0.3, -0.25) is 10.1 Å². The van der Waals surface area contributed by atoms with Gasteiger partial charge in [-0.1, -0.05) is 5.16 Å². The third kappa shape index (κ3) is 4.12. The minimum atomic E-state index is -4.80. The van der Waals surface area contributed by atoms with Gasteiger partial charge in [0.2, 0.25) is 10.0 Å². The highest BCUT2D eigenvalue weighted by atomic mass is 32.2. The molecule has 1 aromatic heterocycles. The molecular formula is C17H19F3N4O5S. The zero-order valence-corrected chi connectivity index (χ0v) is 17.0. The van der Waals surface area contributed by atoms with Crippen LogP contribution in [0.2, 0.25) is 0 Å². The van der Waals surface area contributed by atoms with Crippen LogP contribution in [0.3, 0.4) is 0 Å². The Morgan fingerprint density at radius 2 is 1.87 bits per heavy atom. The monoisotopic (exact) mass is 448 g/mol. The highest BCUT2D eigenvalue weighted by Crippen LogP contribution is 2.39. The molecule has 0 aliphatic carbocycles. The summed E-state index contributed by atoms with van der Waals surface area (Å²) in [6.45, 7) is 3.18. The maximum atomic E-state index is 13.5. The van der Waals surface area contributed by atoms with E-state index in [-0.39, 0.29) is 54.6 Å². The number of rotatable bonds is 4. The number of non-ortho nitro benzene ring substituents is 1. The number of aromatic nitrogens is 1. The number of alkyl halides is 3. The molecule has 1 aromatic carbocycles. The normalized spacial score (nSPS) is 16.5. The second kappa shape index (κ2) is 7.87. The lowest BCUT2D eigenvalue weighted by atomic mass is 10.1. The third-order valence-electron chi connectivity index (χ3n) is 4.86. The SMILES string of the molecule is Cc1noc(C)c1S(=O)(=O)N1CCCN(c2ccc([N+](=O)[O-])cc2C(F)(F)F)CC1. The van der Waals surface area contributed by atoms with Gasteiger partial charge in [-0.2, -0.15) is 17.5 Å². The summed E-state index contributed by atoms with van der Waals surface area (Å²) in [6.07, 6.45) is -4.52. The second-order valence-electron chi connectivity index (χ2n) is 6.85. The molecule has 13 heteroatoms. The summed E-state index contributed by atoms with van der Waals surface area (Å²) in [7, 11) is -3.93. The first-order chi connectivity index (χ1) is 13.9. The van der Waals surface area contributed by atoms with Crippen molar-refractivity contribution in [2.75, 3.05) is 31.1 Å². The van der Waals surface area contributed by atoms with Crippen molar-refractivity contribution in [3.05, 3.63) is 45.3 Å². The van der Waals surface area contributed by atoms with Crippen LogP contribution < -0.4 is 4.90 Å². The van der Waals surface area contributed by atoms with Crippen molar-refractivity contribution in [3.8, 4) is 0 Å². The van der Waals surface area contributed by atoms with E-state index in [4.69, 9.17) is 4.52 Å². The average Bonchev–Trinajstić information content (AvgIpc) is 2.85. The number of hydrogen-bond donors (Lipinski definition) is 0. The lowest BCUT2D eigenvalue weighted by molar-refractivity contribution is -0.385. The van der Waals surface area contributed by atoms with Crippen molar-refractivity contribution in [2.24, 2.45) is 0 Å². The molecule has 2 aromatic rings. The van der Waals surface area contributed by atoms with Crippen molar-refractivity contribution in [2.45, 2.75) is 31.3 Å². The van der Waals surface area contributed by atoms with E-state index < -0.39 is 32.4 Å². The van der Waals surface area contributed by atoms with Gasteiger partial charge in [-0.25, -0.2) is 8.42 Å². The molecule has 0 amide bonds.